The lowest BCUT2D eigenvalue weighted by Gasteiger charge is -2.24. The van der Waals surface area contributed by atoms with Crippen LogP contribution in [0.4, 0.5) is 0 Å². The Morgan fingerprint density at radius 1 is 1.47 bits per heavy atom. The van der Waals surface area contributed by atoms with Crippen LogP contribution in [0.2, 0.25) is 0 Å². The molecular weight excluding hydrogens is 210 g/mol. The highest BCUT2D eigenvalue weighted by Crippen LogP contribution is 2.35. The van der Waals surface area contributed by atoms with Crippen LogP contribution in [0, 0.1) is 0 Å². The number of hydrogen-bond acceptors (Lipinski definition) is 3. The van der Waals surface area contributed by atoms with Crippen LogP contribution < -0.4 is 5.73 Å². The van der Waals surface area contributed by atoms with E-state index in [-0.39, 0.29) is 0 Å². The summed E-state index contributed by atoms with van der Waals surface area (Å²) in [5.41, 5.74) is 6.20. The van der Waals surface area contributed by atoms with Gasteiger partial charge >= 0.3 is 5.97 Å². The Morgan fingerprint density at radius 2 is 2.07 bits per heavy atom. The van der Waals surface area contributed by atoms with Crippen molar-refractivity contribution >= 4 is 17.7 Å². The number of benzene rings is 1. The smallest absolute Gasteiger partial charge is 0.324 e. The first kappa shape index (κ1) is 12.1. The molecule has 0 bridgehead atoms. The highest BCUT2D eigenvalue weighted by atomic mass is 32.2. The third kappa shape index (κ3) is 2.73. The minimum absolute atomic E-state index is 0.486. The molecule has 1 aromatic rings. The minimum atomic E-state index is -0.902. The Labute approximate surface area is 93.7 Å². The molecule has 4 heteroatoms. The van der Waals surface area contributed by atoms with E-state index in [0.717, 1.165) is 5.56 Å². The molecule has 1 unspecified atom stereocenters. The van der Waals surface area contributed by atoms with Gasteiger partial charge in [0.25, 0.3) is 0 Å². The summed E-state index contributed by atoms with van der Waals surface area (Å²) in [6.45, 7) is 2.20. The molecule has 0 amide bonds. The zero-order chi connectivity index (χ0) is 11.3. The van der Waals surface area contributed by atoms with Gasteiger partial charge in [0.15, 0.2) is 0 Å². The fourth-order valence-electron chi connectivity index (χ4n) is 1.29. The van der Waals surface area contributed by atoms with Crippen molar-refractivity contribution in [2.24, 2.45) is 5.73 Å². The Kier molecular flexibility index (Phi) is 4.17. The molecule has 1 rings (SSSR count). The predicted molar refractivity (Wildman–Crippen MR) is 62.9 cm³/mol. The Morgan fingerprint density at radius 3 is 2.53 bits per heavy atom. The summed E-state index contributed by atoms with van der Waals surface area (Å²) < 4.78 is -0.902. The van der Waals surface area contributed by atoms with E-state index in [1.54, 1.807) is 6.92 Å². The van der Waals surface area contributed by atoms with Crippen molar-refractivity contribution in [2.75, 3.05) is 12.3 Å². The first-order chi connectivity index (χ1) is 7.11. The standard InChI is InChI=1S/C11H15NO2S/c1-11(10(13)14,15-8-7-12)9-5-3-2-4-6-9/h2-6H,7-8,12H2,1H3,(H,13,14). The molecule has 0 radical (unpaired) electrons. The molecule has 3 nitrogen and oxygen atoms in total. The lowest BCUT2D eigenvalue weighted by atomic mass is 10.0. The molecule has 0 saturated heterocycles. The highest BCUT2D eigenvalue weighted by Gasteiger charge is 2.35. The van der Waals surface area contributed by atoms with Crippen molar-refractivity contribution in [1.29, 1.82) is 0 Å². The fraction of sp³-hybridized carbons (Fsp3) is 0.364. The summed E-state index contributed by atoms with van der Waals surface area (Å²) in [7, 11) is 0. The van der Waals surface area contributed by atoms with E-state index < -0.39 is 10.7 Å². The summed E-state index contributed by atoms with van der Waals surface area (Å²) in [6, 6.07) is 9.23. The Hall–Kier alpha value is -1.00. The van der Waals surface area contributed by atoms with Gasteiger partial charge in [0, 0.05) is 12.3 Å². The number of aliphatic carboxylic acids is 1. The number of thioether (sulfide) groups is 1. The van der Waals surface area contributed by atoms with E-state index in [1.807, 2.05) is 30.3 Å². The lowest BCUT2D eigenvalue weighted by Crippen LogP contribution is -2.29. The van der Waals surface area contributed by atoms with Gasteiger partial charge in [-0.1, -0.05) is 30.3 Å². The average Bonchev–Trinajstić information content (AvgIpc) is 2.27. The highest BCUT2D eigenvalue weighted by molar-refractivity contribution is 8.00. The van der Waals surface area contributed by atoms with Gasteiger partial charge in [-0.05, 0) is 12.5 Å². The fourth-order valence-corrected chi connectivity index (χ4v) is 2.24. The van der Waals surface area contributed by atoms with Crippen molar-refractivity contribution in [3.05, 3.63) is 35.9 Å². The van der Waals surface area contributed by atoms with Crippen molar-refractivity contribution in [2.45, 2.75) is 11.7 Å². The van der Waals surface area contributed by atoms with Crippen molar-refractivity contribution in [1.82, 2.24) is 0 Å². The SMILES string of the molecule is CC(SCCN)(C(=O)O)c1ccccc1. The van der Waals surface area contributed by atoms with Crippen molar-refractivity contribution in [3.8, 4) is 0 Å². The van der Waals surface area contributed by atoms with E-state index >= 15 is 0 Å². The number of carbonyl (C=O) groups is 1. The zero-order valence-electron chi connectivity index (χ0n) is 8.64. The largest absolute Gasteiger partial charge is 0.480 e. The molecule has 82 valence electrons. The number of nitrogens with two attached hydrogens (primary N) is 1. The monoisotopic (exact) mass is 225 g/mol. The molecular formula is C11H15NO2S. The minimum Gasteiger partial charge on any atom is -0.480 e. The molecule has 0 aliphatic carbocycles. The Bertz CT molecular complexity index is 329. The first-order valence-electron chi connectivity index (χ1n) is 4.74. The topological polar surface area (TPSA) is 63.3 Å². The van der Waals surface area contributed by atoms with Gasteiger partial charge in [0.2, 0.25) is 0 Å². The van der Waals surface area contributed by atoms with Gasteiger partial charge in [-0.2, -0.15) is 0 Å². The lowest BCUT2D eigenvalue weighted by molar-refractivity contribution is -0.139. The summed E-state index contributed by atoms with van der Waals surface area (Å²) in [5.74, 6) is -0.190. The van der Waals surface area contributed by atoms with Gasteiger partial charge in [-0.15, -0.1) is 11.8 Å². The number of carboxylic acids is 1. The molecule has 0 aliphatic rings. The first-order valence-corrected chi connectivity index (χ1v) is 5.73. The van der Waals surface area contributed by atoms with Gasteiger partial charge in [-0.25, -0.2) is 0 Å². The average molecular weight is 225 g/mol. The third-order valence-corrected chi connectivity index (χ3v) is 3.67. The molecule has 0 aliphatic heterocycles. The maximum atomic E-state index is 11.3. The number of carboxylic acid groups (broad SMARTS) is 1. The molecule has 0 fully saturated rings. The van der Waals surface area contributed by atoms with Gasteiger partial charge < -0.3 is 10.8 Å². The van der Waals surface area contributed by atoms with E-state index in [9.17, 15) is 9.90 Å². The third-order valence-electron chi connectivity index (χ3n) is 2.24. The quantitative estimate of drug-likeness (QED) is 0.800. The van der Waals surface area contributed by atoms with E-state index in [1.165, 1.54) is 11.8 Å². The maximum Gasteiger partial charge on any atom is 0.324 e. The van der Waals surface area contributed by atoms with Crippen LogP contribution in [0.25, 0.3) is 0 Å². The van der Waals surface area contributed by atoms with Crippen LogP contribution >= 0.6 is 11.8 Å². The Balaban J connectivity index is 2.96. The molecule has 0 aromatic heterocycles. The normalized spacial score (nSPS) is 14.5. The zero-order valence-corrected chi connectivity index (χ0v) is 9.46. The van der Waals surface area contributed by atoms with E-state index in [4.69, 9.17) is 5.73 Å². The van der Waals surface area contributed by atoms with Crippen LogP contribution in [-0.4, -0.2) is 23.4 Å². The van der Waals surface area contributed by atoms with Crippen LogP contribution in [0.15, 0.2) is 30.3 Å². The second kappa shape index (κ2) is 5.19. The van der Waals surface area contributed by atoms with Crippen LogP contribution in [0.5, 0.6) is 0 Å². The van der Waals surface area contributed by atoms with E-state index in [2.05, 4.69) is 0 Å². The van der Waals surface area contributed by atoms with E-state index in [0.29, 0.717) is 12.3 Å². The van der Waals surface area contributed by atoms with Crippen LogP contribution in [0.1, 0.15) is 12.5 Å². The molecule has 0 saturated carbocycles. The summed E-state index contributed by atoms with van der Waals surface area (Å²) >= 11 is 1.36. The number of rotatable bonds is 5. The summed E-state index contributed by atoms with van der Waals surface area (Å²) in [6.07, 6.45) is 0. The van der Waals surface area contributed by atoms with Crippen LogP contribution in [0.3, 0.4) is 0 Å². The van der Waals surface area contributed by atoms with Crippen molar-refractivity contribution < 1.29 is 9.90 Å². The van der Waals surface area contributed by atoms with Crippen LogP contribution in [-0.2, 0) is 9.54 Å². The summed E-state index contributed by atoms with van der Waals surface area (Å²) in [5, 5.41) is 9.25. The molecule has 3 N–H and O–H groups in total. The molecule has 0 spiro atoms. The molecule has 1 atom stereocenters. The molecule has 1 aromatic carbocycles. The van der Waals surface area contributed by atoms with Gasteiger partial charge in [-0.3, -0.25) is 4.79 Å². The summed E-state index contributed by atoms with van der Waals surface area (Å²) in [4.78, 5) is 11.3. The second-order valence-corrected chi connectivity index (χ2v) is 4.85. The maximum absolute atomic E-state index is 11.3. The number of hydrogen-bond donors (Lipinski definition) is 2. The predicted octanol–water partition coefficient (Wildman–Crippen LogP) is 1.68. The van der Waals surface area contributed by atoms with Crippen molar-refractivity contribution in [3.63, 3.8) is 0 Å². The van der Waals surface area contributed by atoms with Gasteiger partial charge in [0.1, 0.15) is 4.75 Å². The molecule has 15 heavy (non-hydrogen) atoms. The van der Waals surface area contributed by atoms with Gasteiger partial charge in [0.05, 0.1) is 0 Å². The second-order valence-electron chi connectivity index (χ2n) is 3.34. The molecule has 0 heterocycles.